The Labute approximate surface area is 100 Å². The topological polar surface area (TPSA) is 77.0 Å². The fourth-order valence-electron chi connectivity index (χ4n) is 1.47. The second-order valence-electron chi connectivity index (χ2n) is 4.36. The Kier molecular flexibility index (Phi) is 5.24. The summed E-state index contributed by atoms with van der Waals surface area (Å²) in [6.45, 7) is 4.31. The highest BCUT2D eigenvalue weighted by Crippen LogP contribution is 2.24. The molecule has 1 aromatic heterocycles. The van der Waals surface area contributed by atoms with Gasteiger partial charge in [0.25, 0.3) is 0 Å². The summed E-state index contributed by atoms with van der Waals surface area (Å²) >= 11 is 1.49. The Morgan fingerprint density at radius 3 is 2.69 bits per heavy atom. The van der Waals surface area contributed by atoms with Crippen molar-refractivity contribution in [3.05, 3.63) is 6.33 Å². The van der Waals surface area contributed by atoms with E-state index in [-0.39, 0.29) is 17.9 Å². The smallest absolute Gasteiger partial charge is 0.191 e. The first-order valence-corrected chi connectivity index (χ1v) is 6.29. The van der Waals surface area contributed by atoms with Crippen molar-refractivity contribution in [3.63, 3.8) is 0 Å². The molecule has 16 heavy (non-hydrogen) atoms. The van der Waals surface area contributed by atoms with Crippen LogP contribution in [0.15, 0.2) is 11.5 Å². The lowest BCUT2D eigenvalue weighted by Gasteiger charge is -2.22. The highest BCUT2D eigenvalue weighted by molar-refractivity contribution is 7.99. The van der Waals surface area contributed by atoms with Crippen LogP contribution in [0.2, 0.25) is 0 Å². The van der Waals surface area contributed by atoms with Crippen molar-refractivity contribution in [2.45, 2.75) is 36.7 Å². The van der Waals surface area contributed by atoms with Gasteiger partial charge in [-0.05, 0) is 12.3 Å². The zero-order valence-electron chi connectivity index (χ0n) is 10.00. The van der Waals surface area contributed by atoms with Crippen LogP contribution in [-0.2, 0) is 7.05 Å². The molecule has 2 unspecified atom stereocenters. The van der Waals surface area contributed by atoms with Crippen LogP contribution in [0.25, 0.3) is 0 Å². The van der Waals surface area contributed by atoms with Gasteiger partial charge >= 0.3 is 0 Å². The van der Waals surface area contributed by atoms with Gasteiger partial charge in [0, 0.05) is 13.1 Å². The Morgan fingerprint density at radius 1 is 1.56 bits per heavy atom. The average Bonchev–Trinajstić information content (AvgIpc) is 2.59. The number of hydrogen-bond donors (Lipinski definition) is 2. The predicted octanol–water partition coefficient (Wildman–Crippen LogP) is 0.641. The highest BCUT2D eigenvalue weighted by atomic mass is 32.2. The van der Waals surface area contributed by atoms with Gasteiger partial charge in [-0.3, -0.25) is 0 Å². The van der Waals surface area contributed by atoms with Crippen molar-refractivity contribution >= 4 is 11.8 Å². The molecule has 0 radical (unpaired) electrons. The molecule has 1 heterocycles. The van der Waals surface area contributed by atoms with E-state index in [4.69, 9.17) is 5.73 Å². The SMILES string of the molecule is CC(C)CC(N)C(CO)Sc1nncn1C. The van der Waals surface area contributed by atoms with Gasteiger partial charge in [0.15, 0.2) is 5.16 Å². The standard InChI is InChI=1S/C10H20N4OS/c1-7(2)4-8(11)9(5-15)16-10-13-12-6-14(10)3/h6-9,15H,4-5,11H2,1-3H3. The van der Waals surface area contributed by atoms with Gasteiger partial charge in [-0.15, -0.1) is 10.2 Å². The van der Waals surface area contributed by atoms with Crippen LogP contribution in [0.4, 0.5) is 0 Å². The van der Waals surface area contributed by atoms with E-state index in [9.17, 15) is 5.11 Å². The van der Waals surface area contributed by atoms with E-state index in [2.05, 4.69) is 24.0 Å². The molecular formula is C10H20N4OS. The lowest BCUT2D eigenvalue weighted by molar-refractivity contribution is 0.274. The molecule has 1 aromatic rings. The zero-order valence-corrected chi connectivity index (χ0v) is 10.8. The second kappa shape index (κ2) is 6.22. The Bertz CT molecular complexity index is 316. The summed E-state index contributed by atoms with van der Waals surface area (Å²) < 4.78 is 1.83. The maximum Gasteiger partial charge on any atom is 0.191 e. The van der Waals surface area contributed by atoms with Crippen LogP contribution >= 0.6 is 11.8 Å². The molecule has 0 aromatic carbocycles. The number of thioether (sulfide) groups is 1. The highest BCUT2D eigenvalue weighted by Gasteiger charge is 2.21. The van der Waals surface area contributed by atoms with E-state index in [1.165, 1.54) is 11.8 Å². The summed E-state index contributed by atoms with van der Waals surface area (Å²) in [7, 11) is 1.88. The molecule has 0 aliphatic rings. The number of aliphatic hydroxyl groups is 1. The molecule has 0 saturated carbocycles. The van der Waals surface area contributed by atoms with Crippen molar-refractivity contribution in [1.82, 2.24) is 14.8 Å². The largest absolute Gasteiger partial charge is 0.395 e. The van der Waals surface area contributed by atoms with E-state index in [0.29, 0.717) is 5.92 Å². The fraction of sp³-hybridized carbons (Fsp3) is 0.800. The minimum absolute atomic E-state index is 0.0216. The Morgan fingerprint density at radius 2 is 2.25 bits per heavy atom. The molecule has 6 heteroatoms. The third kappa shape index (κ3) is 3.77. The normalized spacial score (nSPS) is 15.4. The predicted molar refractivity (Wildman–Crippen MR) is 65.2 cm³/mol. The van der Waals surface area contributed by atoms with Gasteiger partial charge < -0.3 is 15.4 Å². The van der Waals surface area contributed by atoms with Crippen molar-refractivity contribution in [3.8, 4) is 0 Å². The maximum atomic E-state index is 9.34. The number of rotatable bonds is 6. The Balaban J connectivity index is 2.58. The monoisotopic (exact) mass is 244 g/mol. The summed E-state index contributed by atoms with van der Waals surface area (Å²) in [4.78, 5) is 0. The molecule has 3 N–H and O–H groups in total. The maximum absolute atomic E-state index is 9.34. The molecule has 1 rings (SSSR count). The van der Waals surface area contributed by atoms with Crippen LogP contribution in [0.5, 0.6) is 0 Å². The van der Waals surface area contributed by atoms with E-state index in [1.807, 2.05) is 11.6 Å². The molecule has 0 aliphatic heterocycles. The molecule has 92 valence electrons. The Hall–Kier alpha value is -0.590. The minimum atomic E-state index is -0.0229. The van der Waals surface area contributed by atoms with E-state index in [0.717, 1.165) is 11.6 Å². The number of nitrogens with zero attached hydrogens (tertiary/aromatic N) is 3. The van der Waals surface area contributed by atoms with Crippen molar-refractivity contribution in [2.75, 3.05) is 6.61 Å². The molecular weight excluding hydrogens is 224 g/mol. The molecule has 5 nitrogen and oxygen atoms in total. The second-order valence-corrected chi connectivity index (χ2v) is 5.56. The number of nitrogens with two attached hydrogens (primary N) is 1. The average molecular weight is 244 g/mol. The van der Waals surface area contributed by atoms with Crippen molar-refractivity contribution in [2.24, 2.45) is 18.7 Å². The zero-order chi connectivity index (χ0) is 12.1. The number of aryl methyl sites for hydroxylation is 1. The van der Waals surface area contributed by atoms with Gasteiger partial charge in [0.1, 0.15) is 6.33 Å². The molecule has 0 spiro atoms. The van der Waals surface area contributed by atoms with Gasteiger partial charge in [-0.1, -0.05) is 25.6 Å². The van der Waals surface area contributed by atoms with Gasteiger partial charge in [0.2, 0.25) is 0 Å². The van der Waals surface area contributed by atoms with Crippen LogP contribution < -0.4 is 5.73 Å². The molecule has 0 bridgehead atoms. The van der Waals surface area contributed by atoms with E-state index in [1.54, 1.807) is 6.33 Å². The number of hydrogen-bond acceptors (Lipinski definition) is 5. The third-order valence-corrected chi connectivity index (χ3v) is 3.71. The quantitative estimate of drug-likeness (QED) is 0.718. The van der Waals surface area contributed by atoms with E-state index >= 15 is 0 Å². The van der Waals surface area contributed by atoms with Gasteiger partial charge in [-0.2, -0.15) is 0 Å². The number of aromatic nitrogens is 3. The lowest BCUT2D eigenvalue weighted by Crippen LogP contribution is -2.36. The summed E-state index contributed by atoms with van der Waals surface area (Å²) in [6.07, 6.45) is 2.54. The molecule has 0 amide bonds. The van der Waals surface area contributed by atoms with Crippen LogP contribution in [0.1, 0.15) is 20.3 Å². The van der Waals surface area contributed by atoms with Crippen LogP contribution in [0, 0.1) is 5.92 Å². The molecule has 0 saturated heterocycles. The first-order chi connectivity index (χ1) is 7.54. The lowest BCUT2D eigenvalue weighted by atomic mass is 10.0. The molecule has 2 atom stereocenters. The first-order valence-electron chi connectivity index (χ1n) is 5.41. The van der Waals surface area contributed by atoms with E-state index < -0.39 is 0 Å². The van der Waals surface area contributed by atoms with Gasteiger partial charge in [0.05, 0.1) is 11.9 Å². The molecule has 0 aliphatic carbocycles. The first kappa shape index (κ1) is 13.5. The van der Waals surface area contributed by atoms with Gasteiger partial charge in [-0.25, -0.2) is 0 Å². The third-order valence-electron chi connectivity index (χ3n) is 2.33. The summed E-state index contributed by atoms with van der Waals surface area (Å²) in [5.74, 6) is 0.532. The molecule has 0 fully saturated rings. The number of aliphatic hydroxyl groups excluding tert-OH is 1. The van der Waals surface area contributed by atoms with Crippen LogP contribution in [0.3, 0.4) is 0 Å². The summed E-state index contributed by atoms with van der Waals surface area (Å²) in [5.41, 5.74) is 6.06. The minimum Gasteiger partial charge on any atom is -0.395 e. The van der Waals surface area contributed by atoms with Crippen molar-refractivity contribution in [1.29, 1.82) is 0 Å². The van der Waals surface area contributed by atoms with Crippen LogP contribution in [-0.4, -0.2) is 37.8 Å². The summed E-state index contributed by atoms with van der Waals surface area (Å²) in [6, 6.07) is -0.0216. The van der Waals surface area contributed by atoms with Crippen molar-refractivity contribution < 1.29 is 5.11 Å². The summed E-state index contributed by atoms with van der Waals surface area (Å²) in [5, 5.41) is 17.9. The fourth-order valence-corrected chi connectivity index (χ4v) is 2.41.